The van der Waals surface area contributed by atoms with Crippen LogP contribution < -0.4 is 0 Å². The van der Waals surface area contributed by atoms with Gasteiger partial charge in [0, 0.05) is 19.5 Å². The Kier molecular flexibility index (Phi) is 16.0. The predicted octanol–water partition coefficient (Wildman–Crippen LogP) is 3.87. The van der Waals surface area contributed by atoms with Crippen molar-refractivity contribution < 1.29 is 24.0 Å². The summed E-state index contributed by atoms with van der Waals surface area (Å²) < 4.78 is 6.69. The van der Waals surface area contributed by atoms with Crippen molar-refractivity contribution >= 4 is 12.9 Å². The van der Waals surface area contributed by atoms with Crippen molar-refractivity contribution in [2.75, 3.05) is 0 Å². The number of benzene rings is 2. The van der Waals surface area contributed by atoms with Crippen LogP contribution in [0.5, 0.6) is 0 Å². The number of rotatable bonds is 0. The van der Waals surface area contributed by atoms with Gasteiger partial charge in [0.25, 0.3) is 0 Å². The van der Waals surface area contributed by atoms with Gasteiger partial charge in [-0.3, -0.25) is 0 Å². The molecule has 0 bridgehead atoms. The zero-order valence-corrected chi connectivity index (χ0v) is 13.2. The Labute approximate surface area is 116 Å². The molecular formula is C13H15OSZn-. The SMILES string of the molecule is Cc1ccccc1.OS.[Zn].[c-]1ccccc1. The van der Waals surface area contributed by atoms with Gasteiger partial charge in [-0.25, -0.2) is 0 Å². The topological polar surface area (TPSA) is 20.2 Å². The Balaban J connectivity index is 0. The van der Waals surface area contributed by atoms with Crippen molar-refractivity contribution in [3.63, 3.8) is 0 Å². The van der Waals surface area contributed by atoms with E-state index in [4.69, 9.17) is 4.55 Å². The van der Waals surface area contributed by atoms with Crippen molar-refractivity contribution in [1.29, 1.82) is 0 Å². The van der Waals surface area contributed by atoms with E-state index in [-0.39, 0.29) is 19.5 Å². The molecule has 0 aliphatic carbocycles. The molecule has 0 unspecified atom stereocenters. The summed E-state index contributed by atoms with van der Waals surface area (Å²) in [5, 5.41) is 0. The molecule has 0 radical (unpaired) electrons. The molecule has 2 rings (SSSR count). The fourth-order valence-electron chi connectivity index (χ4n) is 0.876. The minimum absolute atomic E-state index is 0. The molecule has 16 heavy (non-hydrogen) atoms. The summed E-state index contributed by atoms with van der Waals surface area (Å²) >= 11 is 2.53. The molecule has 0 aromatic heterocycles. The summed E-state index contributed by atoms with van der Waals surface area (Å²) in [7, 11) is 0. The van der Waals surface area contributed by atoms with Crippen LogP contribution in [0.25, 0.3) is 0 Å². The van der Waals surface area contributed by atoms with Gasteiger partial charge in [-0.1, -0.05) is 35.9 Å². The number of aryl methyl sites for hydroxylation is 1. The molecule has 0 saturated carbocycles. The Morgan fingerprint density at radius 3 is 1.50 bits per heavy atom. The zero-order chi connectivity index (χ0) is 11.4. The Hall–Kier alpha value is -0.627. The fourth-order valence-corrected chi connectivity index (χ4v) is 0.876. The van der Waals surface area contributed by atoms with Gasteiger partial charge in [0.05, 0.1) is 0 Å². The minimum Gasteiger partial charge on any atom is -0.333 e. The van der Waals surface area contributed by atoms with Gasteiger partial charge in [-0.15, -0.1) is 0 Å². The molecule has 0 aliphatic heterocycles. The van der Waals surface area contributed by atoms with E-state index >= 15 is 0 Å². The van der Waals surface area contributed by atoms with E-state index in [0.717, 1.165) is 0 Å². The normalized spacial score (nSPS) is 7.19. The van der Waals surface area contributed by atoms with E-state index in [1.165, 1.54) is 5.56 Å². The first-order valence-electron chi connectivity index (χ1n) is 4.52. The van der Waals surface area contributed by atoms with Gasteiger partial charge in [0.2, 0.25) is 0 Å². The van der Waals surface area contributed by atoms with Crippen LogP contribution in [0.1, 0.15) is 5.56 Å². The molecule has 0 spiro atoms. The monoisotopic (exact) mass is 283 g/mol. The van der Waals surface area contributed by atoms with Crippen LogP contribution >= 0.6 is 12.9 Å². The molecule has 2 aromatic carbocycles. The van der Waals surface area contributed by atoms with Gasteiger partial charge in [0.1, 0.15) is 0 Å². The number of hydrogen-bond donors (Lipinski definition) is 2. The molecule has 2 aromatic rings. The molecule has 0 saturated heterocycles. The van der Waals surface area contributed by atoms with E-state index < -0.39 is 0 Å². The van der Waals surface area contributed by atoms with E-state index in [9.17, 15) is 0 Å². The molecule has 3 heteroatoms. The molecule has 0 amide bonds. The maximum absolute atomic E-state index is 6.69. The van der Waals surface area contributed by atoms with E-state index in [1.54, 1.807) is 0 Å². The van der Waals surface area contributed by atoms with E-state index in [1.807, 2.05) is 48.5 Å². The van der Waals surface area contributed by atoms with Crippen molar-refractivity contribution in [3.8, 4) is 0 Å². The molecular weight excluding hydrogens is 270 g/mol. The third-order valence-electron chi connectivity index (χ3n) is 1.55. The van der Waals surface area contributed by atoms with Crippen LogP contribution in [0.2, 0.25) is 0 Å². The maximum Gasteiger partial charge on any atom is 0 e. The first-order chi connectivity index (χ1) is 7.39. The predicted molar refractivity (Wildman–Crippen MR) is 68.1 cm³/mol. The molecule has 0 heterocycles. The largest absolute Gasteiger partial charge is 0.333 e. The van der Waals surface area contributed by atoms with Crippen LogP contribution in [-0.2, 0) is 19.5 Å². The van der Waals surface area contributed by atoms with Crippen LogP contribution in [0.4, 0.5) is 0 Å². The molecule has 0 fully saturated rings. The fraction of sp³-hybridized carbons (Fsp3) is 0.0769. The standard InChI is InChI=1S/C7H8.C6H5.H2OS.Zn/c1-7-5-3-2-4-6-7;1-2-4-6-5-3-1;1-2;/h2-6H,1H3;1-5H;1-2H;/q;-1;;. The molecule has 0 atom stereocenters. The summed E-state index contributed by atoms with van der Waals surface area (Å²) in [6.07, 6.45) is 0. The molecule has 0 aliphatic rings. The zero-order valence-electron chi connectivity index (χ0n) is 9.38. The first kappa shape index (κ1) is 17.8. The van der Waals surface area contributed by atoms with Gasteiger partial charge in [-0.05, 0) is 19.8 Å². The van der Waals surface area contributed by atoms with E-state index in [0.29, 0.717) is 0 Å². The van der Waals surface area contributed by atoms with Crippen LogP contribution in [0.15, 0.2) is 60.7 Å². The maximum atomic E-state index is 6.69. The molecule has 1 N–H and O–H groups in total. The number of hydrogen-bond acceptors (Lipinski definition) is 2. The smallest absolute Gasteiger partial charge is 0 e. The van der Waals surface area contributed by atoms with Gasteiger partial charge >= 0.3 is 0 Å². The Morgan fingerprint density at radius 2 is 1.31 bits per heavy atom. The third kappa shape index (κ3) is 11.4. The van der Waals surface area contributed by atoms with Crippen molar-refractivity contribution in [2.24, 2.45) is 0 Å². The Bertz CT molecular complexity index is 286. The average Bonchev–Trinajstić information content (AvgIpc) is 2.36. The first-order valence-corrected chi connectivity index (χ1v) is 4.92. The summed E-state index contributed by atoms with van der Waals surface area (Å²) in [5.74, 6) is 0. The second-order valence-corrected chi connectivity index (χ2v) is 2.73. The third-order valence-corrected chi connectivity index (χ3v) is 1.55. The quantitative estimate of drug-likeness (QED) is 0.326. The number of thiol groups is 1. The van der Waals surface area contributed by atoms with Crippen molar-refractivity contribution in [1.82, 2.24) is 0 Å². The van der Waals surface area contributed by atoms with Crippen LogP contribution in [0.3, 0.4) is 0 Å². The summed E-state index contributed by atoms with van der Waals surface area (Å²) in [4.78, 5) is 0. The van der Waals surface area contributed by atoms with Crippen molar-refractivity contribution in [3.05, 3.63) is 72.3 Å². The van der Waals surface area contributed by atoms with Gasteiger partial charge in [-0.2, -0.15) is 36.4 Å². The average molecular weight is 285 g/mol. The summed E-state index contributed by atoms with van der Waals surface area (Å²) in [5.41, 5.74) is 1.32. The van der Waals surface area contributed by atoms with Crippen LogP contribution in [-0.4, -0.2) is 4.55 Å². The van der Waals surface area contributed by atoms with Gasteiger partial charge < -0.3 is 4.55 Å². The van der Waals surface area contributed by atoms with Gasteiger partial charge in [0.15, 0.2) is 0 Å². The van der Waals surface area contributed by atoms with E-state index in [2.05, 4.69) is 38.0 Å². The Morgan fingerprint density at radius 1 is 0.875 bits per heavy atom. The molecule has 82 valence electrons. The summed E-state index contributed by atoms with van der Waals surface area (Å²) in [6.45, 7) is 2.08. The van der Waals surface area contributed by atoms with Crippen LogP contribution in [0, 0.1) is 13.0 Å². The second kappa shape index (κ2) is 14.4. The summed E-state index contributed by atoms with van der Waals surface area (Å²) in [6, 6.07) is 22.8. The second-order valence-electron chi connectivity index (χ2n) is 2.73. The minimum atomic E-state index is 0. The molecule has 1 nitrogen and oxygen atoms in total. The van der Waals surface area contributed by atoms with Crippen molar-refractivity contribution in [2.45, 2.75) is 6.92 Å².